The third kappa shape index (κ3) is 2.17. The molecule has 0 radical (unpaired) electrons. The molecule has 0 aliphatic carbocycles. The Morgan fingerprint density at radius 1 is 1.47 bits per heavy atom. The Hall–Kier alpha value is -1.42. The summed E-state index contributed by atoms with van der Waals surface area (Å²) in [5.74, 6) is 1.06. The quantitative estimate of drug-likeness (QED) is 0.883. The molecule has 0 fully saturated rings. The van der Waals surface area contributed by atoms with Gasteiger partial charge in [-0.2, -0.15) is 0 Å². The van der Waals surface area contributed by atoms with Crippen LogP contribution in [0.15, 0.2) is 18.2 Å². The molecule has 1 heterocycles. The van der Waals surface area contributed by atoms with Crippen LogP contribution in [0.25, 0.3) is 11.0 Å². The summed E-state index contributed by atoms with van der Waals surface area (Å²) in [7, 11) is 1.92. The fraction of sp³-hybridized carbons (Fsp3) is 0.462. The van der Waals surface area contributed by atoms with Crippen molar-refractivity contribution in [2.45, 2.75) is 19.8 Å². The molecular weight excluding hydrogens is 217 g/mol. The summed E-state index contributed by atoms with van der Waals surface area (Å²) >= 11 is 0. The van der Waals surface area contributed by atoms with E-state index in [1.165, 1.54) is 6.07 Å². The lowest BCUT2D eigenvalue weighted by molar-refractivity contribution is 0.499. The predicted molar refractivity (Wildman–Crippen MR) is 67.2 cm³/mol. The summed E-state index contributed by atoms with van der Waals surface area (Å²) in [5.41, 5.74) is 6.99. The Bertz CT molecular complexity index is 515. The van der Waals surface area contributed by atoms with Crippen molar-refractivity contribution in [3.05, 3.63) is 29.8 Å². The number of halogens is 1. The number of benzene rings is 1. The summed E-state index contributed by atoms with van der Waals surface area (Å²) in [5, 5.41) is 0. The van der Waals surface area contributed by atoms with Gasteiger partial charge in [0.2, 0.25) is 0 Å². The highest BCUT2D eigenvalue weighted by Gasteiger charge is 2.14. The molecule has 0 spiro atoms. The number of imidazole rings is 1. The van der Waals surface area contributed by atoms with Crippen LogP contribution in [-0.2, 0) is 13.5 Å². The van der Waals surface area contributed by atoms with Gasteiger partial charge in [-0.25, -0.2) is 9.37 Å². The zero-order valence-electron chi connectivity index (χ0n) is 10.3. The first kappa shape index (κ1) is 12.0. The number of rotatable bonds is 4. The summed E-state index contributed by atoms with van der Waals surface area (Å²) < 4.78 is 15.5. The van der Waals surface area contributed by atoms with Gasteiger partial charge in [-0.3, -0.25) is 0 Å². The van der Waals surface area contributed by atoms with Crippen molar-refractivity contribution in [3.8, 4) is 0 Å². The molecule has 3 nitrogen and oxygen atoms in total. The number of aryl methyl sites for hydroxylation is 1. The predicted octanol–water partition coefficient (Wildman–Crippen LogP) is 2.24. The molecule has 92 valence electrons. The van der Waals surface area contributed by atoms with Gasteiger partial charge in [-0.05, 0) is 24.6 Å². The van der Waals surface area contributed by atoms with E-state index in [0.717, 1.165) is 24.2 Å². The molecule has 4 heteroatoms. The Labute approximate surface area is 100 Å². The van der Waals surface area contributed by atoms with Gasteiger partial charge in [0.1, 0.15) is 11.3 Å². The molecule has 2 rings (SSSR count). The fourth-order valence-corrected chi connectivity index (χ4v) is 2.06. The highest BCUT2D eigenvalue weighted by molar-refractivity contribution is 5.76. The third-order valence-electron chi connectivity index (χ3n) is 3.34. The Morgan fingerprint density at radius 2 is 2.24 bits per heavy atom. The van der Waals surface area contributed by atoms with Gasteiger partial charge in [0.05, 0.1) is 5.52 Å². The van der Waals surface area contributed by atoms with Crippen molar-refractivity contribution in [1.82, 2.24) is 9.55 Å². The number of fused-ring (bicyclic) bond motifs is 1. The van der Waals surface area contributed by atoms with Gasteiger partial charge >= 0.3 is 0 Å². The second-order valence-corrected chi connectivity index (χ2v) is 4.41. The first-order chi connectivity index (χ1) is 8.17. The highest BCUT2D eigenvalue weighted by Crippen LogP contribution is 2.20. The first-order valence-electron chi connectivity index (χ1n) is 5.97. The normalized spacial score (nSPS) is 13.2. The van der Waals surface area contributed by atoms with E-state index >= 15 is 0 Å². The number of hydrogen-bond donors (Lipinski definition) is 1. The maximum absolute atomic E-state index is 13.6. The smallest absolute Gasteiger partial charge is 0.151 e. The number of aromatic nitrogens is 2. The number of hydrogen-bond acceptors (Lipinski definition) is 2. The minimum atomic E-state index is -0.259. The lowest BCUT2D eigenvalue weighted by Crippen LogP contribution is -2.17. The SMILES string of the molecule is CCC(CN)Cc1nc2c(F)cccc2n1C. The van der Waals surface area contributed by atoms with Crippen molar-refractivity contribution in [1.29, 1.82) is 0 Å². The Balaban J connectivity index is 2.42. The summed E-state index contributed by atoms with van der Waals surface area (Å²) in [6.07, 6.45) is 1.82. The van der Waals surface area contributed by atoms with Crippen LogP contribution >= 0.6 is 0 Å². The van der Waals surface area contributed by atoms with Crippen molar-refractivity contribution in [2.24, 2.45) is 18.7 Å². The van der Waals surface area contributed by atoms with E-state index in [1.807, 2.05) is 17.7 Å². The summed E-state index contributed by atoms with van der Waals surface area (Å²) in [6, 6.07) is 5.04. The second kappa shape index (κ2) is 4.84. The van der Waals surface area contributed by atoms with E-state index in [9.17, 15) is 4.39 Å². The molecule has 0 aliphatic heterocycles. The van der Waals surface area contributed by atoms with Crippen molar-refractivity contribution >= 4 is 11.0 Å². The van der Waals surface area contributed by atoms with E-state index in [2.05, 4.69) is 11.9 Å². The molecule has 2 aromatic rings. The van der Waals surface area contributed by atoms with Gasteiger partial charge in [0.15, 0.2) is 5.82 Å². The number of para-hydroxylation sites is 1. The van der Waals surface area contributed by atoms with Crippen LogP contribution < -0.4 is 5.73 Å². The Kier molecular flexibility index (Phi) is 3.43. The van der Waals surface area contributed by atoms with E-state index in [0.29, 0.717) is 18.0 Å². The molecule has 1 aromatic carbocycles. The van der Waals surface area contributed by atoms with Crippen LogP contribution in [0.1, 0.15) is 19.2 Å². The second-order valence-electron chi connectivity index (χ2n) is 4.41. The minimum Gasteiger partial charge on any atom is -0.331 e. The van der Waals surface area contributed by atoms with E-state index in [-0.39, 0.29) is 5.82 Å². The first-order valence-corrected chi connectivity index (χ1v) is 5.97. The highest BCUT2D eigenvalue weighted by atomic mass is 19.1. The topological polar surface area (TPSA) is 43.8 Å². The van der Waals surface area contributed by atoms with Crippen molar-refractivity contribution in [3.63, 3.8) is 0 Å². The standard InChI is InChI=1S/C13H18FN3/c1-3-9(8-15)7-12-16-13-10(14)5-4-6-11(13)17(12)2/h4-6,9H,3,7-8,15H2,1-2H3. The van der Waals surface area contributed by atoms with Gasteiger partial charge in [-0.1, -0.05) is 19.4 Å². The van der Waals surface area contributed by atoms with E-state index in [1.54, 1.807) is 6.07 Å². The molecule has 1 unspecified atom stereocenters. The van der Waals surface area contributed by atoms with Crippen molar-refractivity contribution < 1.29 is 4.39 Å². The van der Waals surface area contributed by atoms with Crippen LogP contribution in [-0.4, -0.2) is 16.1 Å². The maximum Gasteiger partial charge on any atom is 0.151 e. The molecule has 1 aromatic heterocycles. The number of nitrogens with two attached hydrogens (primary N) is 1. The lowest BCUT2D eigenvalue weighted by atomic mass is 10.0. The maximum atomic E-state index is 13.6. The van der Waals surface area contributed by atoms with Crippen LogP contribution in [0, 0.1) is 11.7 Å². The molecule has 0 saturated carbocycles. The zero-order chi connectivity index (χ0) is 12.4. The molecule has 2 N–H and O–H groups in total. The molecule has 0 amide bonds. The zero-order valence-corrected chi connectivity index (χ0v) is 10.3. The Morgan fingerprint density at radius 3 is 2.82 bits per heavy atom. The van der Waals surface area contributed by atoms with Gasteiger partial charge < -0.3 is 10.3 Å². The average Bonchev–Trinajstić information content (AvgIpc) is 2.65. The monoisotopic (exact) mass is 235 g/mol. The molecule has 0 aliphatic rings. The lowest BCUT2D eigenvalue weighted by Gasteiger charge is -2.11. The third-order valence-corrected chi connectivity index (χ3v) is 3.34. The average molecular weight is 235 g/mol. The fourth-order valence-electron chi connectivity index (χ4n) is 2.06. The van der Waals surface area contributed by atoms with E-state index < -0.39 is 0 Å². The van der Waals surface area contributed by atoms with Gasteiger partial charge in [0, 0.05) is 13.5 Å². The minimum absolute atomic E-state index is 0.259. The van der Waals surface area contributed by atoms with Crippen LogP contribution in [0.3, 0.4) is 0 Å². The van der Waals surface area contributed by atoms with Crippen molar-refractivity contribution in [2.75, 3.05) is 6.54 Å². The molecule has 17 heavy (non-hydrogen) atoms. The van der Waals surface area contributed by atoms with Crippen LogP contribution in [0.2, 0.25) is 0 Å². The summed E-state index contributed by atoms with van der Waals surface area (Å²) in [4.78, 5) is 4.38. The summed E-state index contributed by atoms with van der Waals surface area (Å²) in [6.45, 7) is 2.75. The van der Waals surface area contributed by atoms with Crippen LogP contribution in [0.4, 0.5) is 4.39 Å². The molecule has 0 saturated heterocycles. The largest absolute Gasteiger partial charge is 0.331 e. The molecule has 1 atom stereocenters. The molecule has 0 bridgehead atoms. The number of nitrogens with zero attached hydrogens (tertiary/aromatic N) is 2. The van der Waals surface area contributed by atoms with Crippen LogP contribution in [0.5, 0.6) is 0 Å². The van der Waals surface area contributed by atoms with E-state index in [4.69, 9.17) is 5.73 Å². The molecular formula is C13H18FN3. The van der Waals surface area contributed by atoms with Gasteiger partial charge in [-0.15, -0.1) is 0 Å². The van der Waals surface area contributed by atoms with Gasteiger partial charge in [0.25, 0.3) is 0 Å².